The molecule has 2 heterocycles. The molecule has 1 aromatic carbocycles. The molecule has 1 fully saturated rings. The summed E-state index contributed by atoms with van der Waals surface area (Å²) in [7, 11) is 0. The molecule has 5 nitrogen and oxygen atoms in total. The van der Waals surface area contributed by atoms with Gasteiger partial charge in [0.1, 0.15) is 6.61 Å². The molecule has 132 valence electrons. The van der Waals surface area contributed by atoms with E-state index in [1.54, 1.807) is 17.2 Å². The second-order valence-electron chi connectivity index (χ2n) is 5.66. The van der Waals surface area contributed by atoms with Gasteiger partial charge in [-0.05, 0) is 36.2 Å². The molecule has 0 saturated carbocycles. The van der Waals surface area contributed by atoms with Crippen molar-refractivity contribution in [2.24, 2.45) is 0 Å². The molecule has 25 heavy (non-hydrogen) atoms. The van der Waals surface area contributed by atoms with Crippen LogP contribution >= 0.6 is 0 Å². The lowest BCUT2D eigenvalue weighted by atomic mass is 10.1. The Kier molecular flexibility index (Phi) is 4.78. The van der Waals surface area contributed by atoms with Gasteiger partial charge in [-0.2, -0.15) is 8.78 Å². The van der Waals surface area contributed by atoms with E-state index in [0.29, 0.717) is 24.3 Å². The Labute approximate surface area is 142 Å². The maximum absolute atomic E-state index is 13.5. The van der Waals surface area contributed by atoms with Crippen molar-refractivity contribution in [2.75, 3.05) is 6.61 Å². The largest absolute Gasteiger partial charge is 0.447 e. The van der Waals surface area contributed by atoms with Crippen molar-refractivity contribution in [3.05, 3.63) is 48.0 Å². The Morgan fingerprint density at radius 2 is 2.12 bits per heavy atom. The normalized spacial score (nSPS) is 17.1. The average Bonchev–Trinajstić information content (AvgIpc) is 2.89. The summed E-state index contributed by atoms with van der Waals surface area (Å²) < 4.78 is 47.4. The van der Waals surface area contributed by atoms with Gasteiger partial charge in [0.15, 0.2) is 11.6 Å². The number of aromatic nitrogens is 1. The van der Waals surface area contributed by atoms with Crippen molar-refractivity contribution in [3.63, 3.8) is 0 Å². The fourth-order valence-electron chi connectivity index (χ4n) is 2.56. The Bertz CT molecular complexity index is 785. The highest BCUT2D eigenvalue weighted by atomic mass is 19.3. The predicted octanol–water partition coefficient (Wildman–Crippen LogP) is 3.83. The number of carbonyl (C=O) groups is 1. The third kappa shape index (κ3) is 3.84. The Morgan fingerprint density at radius 3 is 2.80 bits per heavy atom. The summed E-state index contributed by atoms with van der Waals surface area (Å²) in [6.07, 6.45) is 2.73. The summed E-state index contributed by atoms with van der Waals surface area (Å²) in [5, 5.41) is 0. The zero-order valence-corrected chi connectivity index (χ0v) is 13.3. The summed E-state index contributed by atoms with van der Waals surface area (Å²) >= 11 is 0. The van der Waals surface area contributed by atoms with E-state index in [0.717, 1.165) is 11.6 Å². The Hall–Kier alpha value is -2.77. The fraction of sp³-hybridized carbons (Fsp3) is 0.294. The minimum absolute atomic E-state index is 0.0481. The van der Waals surface area contributed by atoms with Crippen LogP contribution < -0.4 is 4.74 Å². The highest BCUT2D eigenvalue weighted by molar-refractivity contribution is 5.70. The lowest BCUT2D eigenvalue weighted by Gasteiger charge is -2.18. The number of hydrogen-bond donors (Lipinski definition) is 0. The van der Waals surface area contributed by atoms with Crippen molar-refractivity contribution in [2.45, 2.75) is 26.1 Å². The summed E-state index contributed by atoms with van der Waals surface area (Å²) in [5.74, 6) is -1.41. The molecule has 1 aromatic heterocycles. The summed E-state index contributed by atoms with van der Waals surface area (Å²) in [6, 6.07) is 5.40. The lowest BCUT2D eigenvalue weighted by molar-refractivity contribution is -0.0521. The number of cyclic esters (lactones) is 1. The summed E-state index contributed by atoms with van der Waals surface area (Å²) in [5.41, 5.74) is 1.81. The highest BCUT2D eigenvalue weighted by Gasteiger charge is 2.29. The summed E-state index contributed by atoms with van der Waals surface area (Å²) in [4.78, 5) is 17.4. The van der Waals surface area contributed by atoms with Gasteiger partial charge in [-0.15, -0.1) is 0 Å². The number of rotatable bonds is 5. The number of halogens is 3. The van der Waals surface area contributed by atoms with E-state index in [1.165, 1.54) is 18.3 Å². The van der Waals surface area contributed by atoms with E-state index in [9.17, 15) is 18.0 Å². The molecule has 0 N–H and O–H groups in total. The quantitative estimate of drug-likeness (QED) is 0.821. The smallest absolute Gasteiger partial charge is 0.410 e. The minimum Gasteiger partial charge on any atom is -0.447 e. The highest BCUT2D eigenvalue weighted by Crippen LogP contribution is 2.28. The number of pyridine rings is 1. The molecule has 1 aliphatic heterocycles. The van der Waals surface area contributed by atoms with E-state index >= 15 is 0 Å². The van der Waals surface area contributed by atoms with Crippen LogP contribution in [0.4, 0.5) is 18.0 Å². The van der Waals surface area contributed by atoms with Gasteiger partial charge < -0.3 is 9.47 Å². The fourth-order valence-corrected chi connectivity index (χ4v) is 2.56. The van der Waals surface area contributed by atoms with Crippen LogP contribution in [-0.2, 0) is 11.3 Å². The van der Waals surface area contributed by atoms with Gasteiger partial charge >= 0.3 is 12.7 Å². The first-order valence-electron chi connectivity index (χ1n) is 7.56. The van der Waals surface area contributed by atoms with E-state index in [1.807, 2.05) is 6.92 Å². The maximum atomic E-state index is 13.5. The molecule has 0 radical (unpaired) electrons. The second kappa shape index (κ2) is 7.00. The van der Waals surface area contributed by atoms with Crippen LogP contribution in [0.1, 0.15) is 12.5 Å². The Morgan fingerprint density at radius 1 is 1.32 bits per heavy atom. The first-order chi connectivity index (χ1) is 11.9. The number of hydrogen-bond acceptors (Lipinski definition) is 4. The molecule has 3 rings (SSSR count). The average molecular weight is 352 g/mol. The first-order valence-corrected chi connectivity index (χ1v) is 7.56. The van der Waals surface area contributed by atoms with Crippen LogP contribution in [0.2, 0.25) is 0 Å². The molecule has 1 saturated heterocycles. The van der Waals surface area contributed by atoms with Crippen molar-refractivity contribution >= 4 is 6.09 Å². The predicted molar refractivity (Wildman–Crippen MR) is 82.6 cm³/mol. The molecular weight excluding hydrogens is 337 g/mol. The Balaban J connectivity index is 1.85. The van der Waals surface area contributed by atoms with Gasteiger partial charge in [-0.25, -0.2) is 9.18 Å². The standard InChI is InChI=1S/C17H15F3N2O3/c1-10-9-24-17(23)22(10)8-11-4-13(7-21-6-11)12-2-3-14(18)15(5-12)25-16(19)20/h2-7,10,16H,8-9H2,1H3/t10-/m1/s1. The van der Waals surface area contributed by atoms with Gasteiger partial charge in [0.25, 0.3) is 0 Å². The van der Waals surface area contributed by atoms with Crippen LogP contribution in [0.5, 0.6) is 5.75 Å². The SMILES string of the molecule is C[C@@H]1COC(=O)N1Cc1cncc(-c2ccc(F)c(OC(F)F)c2)c1. The first kappa shape index (κ1) is 17.1. The monoisotopic (exact) mass is 352 g/mol. The van der Waals surface area contributed by atoms with Crippen molar-refractivity contribution < 1.29 is 27.4 Å². The van der Waals surface area contributed by atoms with E-state index in [4.69, 9.17) is 4.74 Å². The van der Waals surface area contributed by atoms with Gasteiger partial charge in [0.05, 0.1) is 12.6 Å². The van der Waals surface area contributed by atoms with E-state index in [-0.39, 0.29) is 6.04 Å². The molecule has 0 unspecified atom stereocenters. The molecule has 1 atom stereocenters. The van der Waals surface area contributed by atoms with Crippen LogP contribution in [0.25, 0.3) is 11.1 Å². The van der Waals surface area contributed by atoms with Gasteiger partial charge in [-0.3, -0.25) is 9.88 Å². The van der Waals surface area contributed by atoms with Crippen molar-refractivity contribution in [3.8, 4) is 16.9 Å². The number of ether oxygens (including phenoxy) is 2. The molecule has 0 spiro atoms. The number of nitrogens with zero attached hydrogens (tertiary/aromatic N) is 2. The number of benzene rings is 1. The molecule has 1 amide bonds. The molecule has 0 bridgehead atoms. The topological polar surface area (TPSA) is 51.7 Å². The van der Waals surface area contributed by atoms with Gasteiger partial charge in [-0.1, -0.05) is 6.07 Å². The van der Waals surface area contributed by atoms with Crippen molar-refractivity contribution in [1.29, 1.82) is 0 Å². The number of amides is 1. The van der Waals surface area contributed by atoms with Crippen LogP contribution in [0.3, 0.4) is 0 Å². The van der Waals surface area contributed by atoms with E-state index < -0.39 is 24.3 Å². The molecule has 8 heteroatoms. The second-order valence-corrected chi connectivity index (χ2v) is 5.66. The zero-order chi connectivity index (χ0) is 18.0. The molecular formula is C17H15F3N2O3. The van der Waals surface area contributed by atoms with Crippen LogP contribution in [0, 0.1) is 5.82 Å². The van der Waals surface area contributed by atoms with Crippen LogP contribution in [-0.4, -0.2) is 35.2 Å². The minimum atomic E-state index is -3.11. The van der Waals surface area contributed by atoms with Gasteiger partial charge in [0, 0.05) is 18.0 Å². The van der Waals surface area contributed by atoms with E-state index in [2.05, 4.69) is 9.72 Å². The third-order valence-corrected chi connectivity index (χ3v) is 3.84. The summed E-state index contributed by atoms with van der Waals surface area (Å²) in [6.45, 7) is -0.603. The molecule has 0 aliphatic carbocycles. The lowest BCUT2D eigenvalue weighted by Crippen LogP contribution is -2.30. The van der Waals surface area contributed by atoms with Gasteiger partial charge in [0.2, 0.25) is 0 Å². The molecule has 2 aromatic rings. The third-order valence-electron chi connectivity index (χ3n) is 3.84. The molecule has 1 aliphatic rings. The zero-order valence-electron chi connectivity index (χ0n) is 13.3. The number of carbonyl (C=O) groups excluding carboxylic acids is 1. The van der Waals surface area contributed by atoms with Crippen molar-refractivity contribution in [1.82, 2.24) is 9.88 Å². The number of alkyl halides is 2. The van der Waals surface area contributed by atoms with Crippen LogP contribution in [0.15, 0.2) is 36.7 Å². The maximum Gasteiger partial charge on any atom is 0.410 e.